The van der Waals surface area contributed by atoms with Crippen molar-refractivity contribution < 1.29 is 9.53 Å². The van der Waals surface area contributed by atoms with Crippen molar-refractivity contribution in [2.45, 2.75) is 12.5 Å². The highest BCUT2D eigenvalue weighted by Gasteiger charge is 2.27. The zero-order chi connectivity index (χ0) is 13.0. The molecule has 0 radical (unpaired) electrons. The van der Waals surface area contributed by atoms with Crippen LogP contribution in [0.4, 0.5) is 0 Å². The van der Waals surface area contributed by atoms with Crippen molar-refractivity contribution in [2.75, 3.05) is 26.3 Å². The number of carbonyl (C=O) groups is 1. The van der Waals surface area contributed by atoms with E-state index in [1.807, 2.05) is 4.90 Å². The Morgan fingerprint density at radius 1 is 1.44 bits per heavy atom. The summed E-state index contributed by atoms with van der Waals surface area (Å²) in [6.07, 6.45) is 0.763. The summed E-state index contributed by atoms with van der Waals surface area (Å²) in [5, 5.41) is 0.632. The number of benzene rings is 1. The van der Waals surface area contributed by atoms with Gasteiger partial charge in [0.1, 0.15) is 0 Å². The van der Waals surface area contributed by atoms with Gasteiger partial charge in [-0.05, 0) is 37.2 Å². The molecule has 1 fully saturated rings. The van der Waals surface area contributed by atoms with E-state index in [1.165, 1.54) is 0 Å². The lowest BCUT2D eigenvalue weighted by Crippen LogP contribution is -2.49. The van der Waals surface area contributed by atoms with E-state index >= 15 is 0 Å². The molecule has 0 aromatic heterocycles. The van der Waals surface area contributed by atoms with E-state index in [0.29, 0.717) is 36.9 Å². The van der Waals surface area contributed by atoms with Crippen LogP contribution in [0.1, 0.15) is 16.8 Å². The number of hydrogen-bond acceptors (Lipinski definition) is 3. The van der Waals surface area contributed by atoms with Gasteiger partial charge >= 0.3 is 0 Å². The topological polar surface area (TPSA) is 55.6 Å². The van der Waals surface area contributed by atoms with Crippen molar-refractivity contribution in [3.05, 3.63) is 34.9 Å². The maximum absolute atomic E-state index is 12.4. The molecule has 2 N–H and O–H groups in total. The van der Waals surface area contributed by atoms with Gasteiger partial charge in [-0.3, -0.25) is 4.79 Å². The molecule has 0 spiro atoms. The van der Waals surface area contributed by atoms with Gasteiger partial charge < -0.3 is 15.4 Å². The van der Waals surface area contributed by atoms with E-state index < -0.39 is 0 Å². The van der Waals surface area contributed by atoms with Crippen molar-refractivity contribution in [2.24, 2.45) is 5.73 Å². The van der Waals surface area contributed by atoms with Crippen molar-refractivity contribution in [3.8, 4) is 0 Å². The fourth-order valence-electron chi connectivity index (χ4n) is 2.11. The molecule has 4 nitrogen and oxygen atoms in total. The molecule has 0 bridgehead atoms. The van der Waals surface area contributed by atoms with Gasteiger partial charge in [0, 0.05) is 17.1 Å². The number of nitrogens with two attached hydrogens (primary N) is 1. The first kappa shape index (κ1) is 13.3. The summed E-state index contributed by atoms with van der Waals surface area (Å²) in [5.74, 6) is 0.0217. The minimum Gasteiger partial charge on any atom is -0.377 e. The van der Waals surface area contributed by atoms with Crippen molar-refractivity contribution >= 4 is 17.5 Å². The Hall–Kier alpha value is -1.10. The number of rotatable bonds is 3. The maximum atomic E-state index is 12.4. The van der Waals surface area contributed by atoms with Crippen LogP contribution in [0.5, 0.6) is 0 Å². The summed E-state index contributed by atoms with van der Waals surface area (Å²) in [6, 6.07) is 7.03. The van der Waals surface area contributed by atoms with E-state index in [0.717, 1.165) is 6.42 Å². The molecule has 1 aromatic rings. The third-order valence-electron chi connectivity index (χ3n) is 3.08. The summed E-state index contributed by atoms with van der Waals surface area (Å²) in [5.41, 5.74) is 6.23. The predicted molar refractivity (Wildman–Crippen MR) is 70.8 cm³/mol. The zero-order valence-electron chi connectivity index (χ0n) is 10.1. The minimum absolute atomic E-state index is 0.0217. The first-order valence-corrected chi connectivity index (χ1v) is 6.44. The third-order valence-corrected chi connectivity index (χ3v) is 3.33. The van der Waals surface area contributed by atoms with E-state index in [4.69, 9.17) is 22.1 Å². The molecule has 5 heteroatoms. The van der Waals surface area contributed by atoms with Gasteiger partial charge in [-0.2, -0.15) is 0 Å². The third kappa shape index (κ3) is 3.02. The van der Waals surface area contributed by atoms with Crippen LogP contribution in [0, 0.1) is 0 Å². The Morgan fingerprint density at radius 3 is 2.83 bits per heavy atom. The number of amides is 1. The molecule has 1 unspecified atom stereocenters. The summed E-state index contributed by atoms with van der Waals surface area (Å²) in [4.78, 5) is 14.2. The molecule has 18 heavy (non-hydrogen) atoms. The largest absolute Gasteiger partial charge is 0.377 e. The van der Waals surface area contributed by atoms with Crippen LogP contribution in [0.2, 0.25) is 5.02 Å². The van der Waals surface area contributed by atoms with Crippen LogP contribution in [-0.4, -0.2) is 43.2 Å². The summed E-state index contributed by atoms with van der Waals surface area (Å²) in [6.45, 7) is 2.32. The molecule has 1 aliphatic rings. The second-order valence-corrected chi connectivity index (χ2v) is 4.75. The highest BCUT2D eigenvalue weighted by molar-refractivity contribution is 6.30. The average Bonchev–Trinajstić information content (AvgIpc) is 2.40. The molecule has 0 aliphatic carbocycles. The number of hydrogen-bond donors (Lipinski definition) is 1. The summed E-state index contributed by atoms with van der Waals surface area (Å²) in [7, 11) is 0. The van der Waals surface area contributed by atoms with Crippen LogP contribution < -0.4 is 5.73 Å². The van der Waals surface area contributed by atoms with Gasteiger partial charge in [-0.25, -0.2) is 0 Å². The Bertz CT molecular complexity index is 406. The van der Waals surface area contributed by atoms with Crippen LogP contribution in [0.3, 0.4) is 0 Å². The van der Waals surface area contributed by atoms with Gasteiger partial charge in [0.25, 0.3) is 5.91 Å². The molecule has 1 saturated heterocycles. The molecule has 2 rings (SSSR count). The molecule has 1 amide bonds. The highest BCUT2D eigenvalue weighted by Crippen LogP contribution is 2.16. The van der Waals surface area contributed by atoms with Gasteiger partial charge in [0.05, 0.1) is 19.3 Å². The standard InChI is InChI=1S/C13H17ClN2O2/c14-11-3-1-10(2-4-11)13(17)16-7-8-18-9-12(16)5-6-15/h1-4,12H,5-9,15H2. The van der Waals surface area contributed by atoms with Crippen molar-refractivity contribution in [3.63, 3.8) is 0 Å². The van der Waals surface area contributed by atoms with Gasteiger partial charge in [-0.15, -0.1) is 0 Å². The number of carbonyl (C=O) groups excluding carboxylic acids is 1. The van der Waals surface area contributed by atoms with E-state index in [-0.39, 0.29) is 11.9 Å². The van der Waals surface area contributed by atoms with E-state index in [1.54, 1.807) is 24.3 Å². The van der Waals surface area contributed by atoms with E-state index in [9.17, 15) is 4.79 Å². The number of ether oxygens (including phenoxy) is 1. The first-order chi connectivity index (χ1) is 8.72. The highest BCUT2D eigenvalue weighted by atomic mass is 35.5. The lowest BCUT2D eigenvalue weighted by atomic mass is 10.1. The summed E-state index contributed by atoms with van der Waals surface area (Å²) < 4.78 is 5.40. The normalized spacial score (nSPS) is 19.9. The van der Waals surface area contributed by atoms with Crippen molar-refractivity contribution in [1.29, 1.82) is 0 Å². The van der Waals surface area contributed by atoms with Gasteiger partial charge in [-0.1, -0.05) is 11.6 Å². The molecule has 98 valence electrons. The Morgan fingerprint density at radius 2 is 2.17 bits per heavy atom. The fourth-order valence-corrected chi connectivity index (χ4v) is 2.24. The SMILES string of the molecule is NCCC1COCCN1C(=O)c1ccc(Cl)cc1. The molecule has 1 atom stereocenters. The first-order valence-electron chi connectivity index (χ1n) is 6.06. The number of halogens is 1. The number of nitrogens with zero attached hydrogens (tertiary/aromatic N) is 1. The molecule has 1 heterocycles. The quantitative estimate of drug-likeness (QED) is 0.905. The van der Waals surface area contributed by atoms with Crippen LogP contribution in [0.25, 0.3) is 0 Å². The second kappa shape index (κ2) is 6.18. The van der Waals surface area contributed by atoms with Gasteiger partial charge in [0.2, 0.25) is 0 Å². The molecule has 1 aromatic carbocycles. The fraction of sp³-hybridized carbons (Fsp3) is 0.462. The molecule has 0 saturated carbocycles. The van der Waals surface area contributed by atoms with E-state index in [2.05, 4.69) is 0 Å². The lowest BCUT2D eigenvalue weighted by Gasteiger charge is -2.35. The zero-order valence-corrected chi connectivity index (χ0v) is 10.9. The van der Waals surface area contributed by atoms with Crippen LogP contribution in [-0.2, 0) is 4.74 Å². The Kier molecular flexibility index (Phi) is 4.58. The molecular formula is C13H17ClN2O2. The molecular weight excluding hydrogens is 252 g/mol. The van der Waals surface area contributed by atoms with Gasteiger partial charge in [0.15, 0.2) is 0 Å². The monoisotopic (exact) mass is 268 g/mol. The van der Waals surface area contributed by atoms with Crippen molar-refractivity contribution in [1.82, 2.24) is 4.90 Å². The minimum atomic E-state index is 0.0217. The summed E-state index contributed by atoms with van der Waals surface area (Å²) >= 11 is 5.82. The maximum Gasteiger partial charge on any atom is 0.254 e. The smallest absolute Gasteiger partial charge is 0.254 e. The van der Waals surface area contributed by atoms with Crippen LogP contribution in [0.15, 0.2) is 24.3 Å². The molecule has 1 aliphatic heterocycles. The van der Waals surface area contributed by atoms with Crippen LogP contribution >= 0.6 is 11.6 Å². The lowest BCUT2D eigenvalue weighted by molar-refractivity contribution is -0.00344. The average molecular weight is 269 g/mol. The number of morpholine rings is 1. The Balaban J connectivity index is 2.12. The second-order valence-electron chi connectivity index (χ2n) is 4.31. The Labute approximate surface area is 112 Å². The predicted octanol–water partition coefficient (Wildman–Crippen LogP) is 1.53.